The Hall–Kier alpha value is -2.54. The Balaban J connectivity index is 1.04. The van der Waals surface area contributed by atoms with Gasteiger partial charge in [0.1, 0.15) is 18.0 Å². The number of hydrogen-bond acceptors (Lipinski definition) is 7. The lowest BCUT2D eigenvalue weighted by molar-refractivity contribution is -0.187. The maximum Gasteiger partial charge on any atom is 0.315 e. The summed E-state index contributed by atoms with van der Waals surface area (Å²) in [5, 5.41) is 1.95. The van der Waals surface area contributed by atoms with Gasteiger partial charge < -0.3 is 14.2 Å². The van der Waals surface area contributed by atoms with Gasteiger partial charge in [0.2, 0.25) is 0 Å². The molecule has 0 amide bonds. The van der Waals surface area contributed by atoms with Gasteiger partial charge in [-0.05, 0) is 97.7 Å². The van der Waals surface area contributed by atoms with E-state index in [0.717, 1.165) is 34.9 Å². The summed E-state index contributed by atoms with van der Waals surface area (Å²) in [6.07, 6.45) is 6.19. The zero-order valence-corrected chi connectivity index (χ0v) is 21.4. The molecule has 6 nitrogen and oxygen atoms in total. The summed E-state index contributed by atoms with van der Waals surface area (Å²) in [6, 6.07) is 11.3. The number of rotatable bonds is 4. The van der Waals surface area contributed by atoms with Gasteiger partial charge >= 0.3 is 17.9 Å². The molecule has 1 saturated heterocycles. The highest BCUT2D eigenvalue weighted by molar-refractivity contribution is 7.80. The van der Waals surface area contributed by atoms with Gasteiger partial charge in [0.15, 0.2) is 0 Å². The number of hydrogen-bond donors (Lipinski definition) is 1. The Morgan fingerprint density at radius 1 is 0.892 bits per heavy atom. The molecule has 192 valence electrons. The molecule has 7 heteroatoms. The lowest BCUT2D eigenvalue weighted by Gasteiger charge is -2.55. The summed E-state index contributed by atoms with van der Waals surface area (Å²) in [6.45, 7) is 0. The second kappa shape index (κ2) is 7.75. The number of thiol groups is 1. The topological polar surface area (TPSA) is 78.9 Å². The molecule has 37 heavy (non-hydrogen) atoms. The Morgan fingerprint density at radius 3 is 2.30 bits per heavy atom. The predicted molar refractivity (Wildman–Crippen MR) is 136 cm³/mol. The molecular formula is C30H30O6S. The van der Waals surface area contributed by atoms with Gasteiger partial charge in [-0.1, -0.05) is 12.1 Å². The van der Waals surface area contributed by atoms with Crippen molar-refractivity contribution in [3.05, 3.63) is 36.4 Å². The molecule has 9 rings (SSSR count). The number of fused-ring (bicyclic) bond motifs is 2. The molecule has 0 radical (unpaired) electrons. The summed E-state index contributed by atoms with van der Waals surface area (Å²) in [5.41, 5.74) is -0.382. The van der Waals surface area contributed by atoms with Crippen molar-refractivity contribution in [2.75, 3.05) is 0 Å². The van der Waals surface area contributed by atoms with E-state index in [1.807, 2.05) is 30.3 Å². The molecule has 0 N–H and O–H groups in total. The largest absolute Gasteiger partial charge is 0.458 e. The van der Waals surface area contributed by atoms with Crippen molar-refractivity contribution in [3.63, 3.8) is 0 Å². The Bertz CT molecular complexity index is 1320. The van der Waals surface area contributed by atoms with Gasteiger partial charge in [-0.3, -0.25) is 14.4 Å². The average Bonchev–Trinajstić information content (AvgIpc) is 3.47. The molecule has 1 aliphatic heterocycles. The number of benzene rings is 2. The first-order valence-corrected chi connectivity index (χ1v) is 14.2. The highest BCUT2D eigenvalue weighted by atomic mass is 32.1. The van der Waals surface area contributed by atoms with Gasteiger partial charge in [0, 0.05) is 16.7 Å². The smallest absolute Gasteiger partial charge is 0.315 e. The van der Waals surface area contributed by atoms with Crippen molar-refractivity contribution >= 4 is 41.3 Å². The monoisotopic (exact) mass is 518 g/mol. The van der Waals surface area contributed by atoms with E-state index in [1.165, 1.54) is 19.3 Å². The highest BCUT2D eigenvalue weighted by Crippen LogP contribution is 2.62. The van der Waals surface area contributed by atoms with Gasteiger partial charge in [-0.2, -0.15) is 0 Å². The van der Waals surface area contributed by atoms with E-state index in [1.54, 1.807) is 6.07 Å². The second-order valence-electron chi connectivity index (χ2n) is 12.7. The van der Waals surface area contributed by atoms with Crippen molar-refractivity contribution in [1.29, 1.82) is 0 Å². The Labute approximate surface area is 220 Å². The molecule has 2 aromatic carbocycles. The van der Waals surface area contributed by atoms with Crippen LogP contribution < -0.4 is 4.74 Å². The van der Waals surface area contributed by atoms with Gasteiger partial charge in [0.25, 0.3) is 0 Å². The molecule has 0 aromatic heterocycles. The van der Waals surface area contributed by atoms with E-state index in [2.05, 4.69) is 12.6 Å². The SMILES string of the molecule is O=C1OC2C3CC(C2OC(=O)C24CC5CC(CC(C5)C2)C4)C(C(=O)Oc2ccc4cc(S)ccc4c2)C13. The van der Waals surface area contributed by atoms with Crippen LogP contribution in [0.4, 0.5) is 0 Å². The van der Waals surface area contributed by atoms with E-state index in [9.17, 15) is 14.4 Å². The molecule has 6 saturated carbocycles. The highest BCUT2D eigenvalue weighted by Gasteiger charge is 2.71. The molecule has 7 fully saturated rings. The van der Waals surface area contributed by atoms with Crippen LogP contribution in [0.25, 0.3) is 10.8 Å². The fourth-order valence-electron chi connectivity index (χ4n) is 9.54. The molecule has 6 bridgehead atoms. The summed E-state index contributed by atoms with van der Waals surface area (Å²) in [7, 11) is 0. The molecule has 0 spiro atoms. The first-order chi connectivity index (χ1) is 17.9. The lowest BCUT2D eigenvalue weighted by Crippen LogP contribution is -2.53. The third-order valence-electron chi connectivity index (χ3n) is 10.5. The van der Waals surface area contributed by atoms with Gasteiger partial charge in [-0.25, -0.2) is 0 Å². The quantitative estimate of drug-likeness (QED) is 0.350. The van der Waals surface area contributed by atoms with Crippen LogP contribution in [0.5, 0.6) is 5.75 Å². The lowest BCUT2D eigenvalue weighted by atomic mass is 9.49. The summed E-state index contributed by atoms with van der Waals surface area (Å²) < 4.78 is 17.9. The van der Waals surface area contributed by atoms with Gasteiger partial charge in [0.05, 0.1) is 17.3 Å². The molecular weight excluding hydrogens is 488 g/mol. The minimum Gasteiger partial charge on any atom is -0.458 e. The van der Waals surface area contributed by atoms with Crippen molar-refractivity contribution in [2.45, 2.75) is 62.0 Å². The van der Waals surface area contributed by atoms with Crippen LogP contribution in [-0.4, -0.2) is 30.1 Å². The van der Waals surface area contributed by atoms with Crippen LogP contribution in [0, 0.1) is 46.8 Å². The average molecular weight is 519 g/mol. The third kappa shape index (κ3) is 3.28. The standard InChI is InChI=1S/C30H30O6S/c31-27(34-19-3-1-18-9-20(37)4-2-17(18)8-19)23-22-10-21-24(23)28(32)35-25(21)26(22)36-29(33)30-11-14-5-15(12-30)7-16(6-14)13-30/h1-4,8-9,14-16,21-26,37H,5-7,10-13H2. The van der Waals surface area contributed by atoms with Gasteiger partial charge in [-0.15, -0.1) is 12.6 Å². The number of ether oxygens (including phenoxy) is 3. The van der Waals surface area contributed by atoms with Crippen molar-refractivity contribution in [1.82, 2.24) is 0 Å². The minimum absolute atomic E-state index is 0.0883. The molecule has 6 aliphatic carbocycles. The maximum absolute atomic E-state index is 13.7. The van der Waals surface area contributed by atoms with E-state index in [4.69, 9.17) is 14.2 Å². The summed E-state index contributed by atoms with van der Waals surface area (Å²) in [5.74, 6) is -0.0529. The van der Waals surface area contributed by atoms with Crippen LogP contribution in [0.15, 0.2) is 41.3 Å². The maximum atomic E-state index is 13.7. The van der Waals surface area contributed by atoms with Crippen LogP contribution >= 0.6 is 12.6 Å². The van der Waals surface area contributed by atoms with E-state index >= 15 is 0 Å². The third-order valence-corrected chi connectivity index (χ3v) is 10.8. The predicted octanol–water partition coefficient (Wildman–Crippen LogP) is 4.97. The Morgan fingerprint density at radius 2 is 1.57 bits per heavy atom. The van der Waals surface area contributed by atoms with Crippen LogP contribution in [0.3, 0.4) is 0 Å². The van der Waals surface area contributed by atoms with Crippen LogP contribution in [-0.2, 0) is 23.9 Å². The number of carbonyl (C=O) groups is 3. The van der Waals surface area contributed by atoms with Crippen LogP contribution in [0.2, 0.25) is 0 Å². The normalized spacial score (nSPS) is 42.3. The molecule has 2 aromatic rings. The molecule has 6 atom stereocenters. The first kappa shape index (κ1) is 22.4. The number of carbonyl (C=O) groups excluding carboxylic acids is 3. The first-order valence-electron chi connectivity index (χ1n) is 13.7. The van der Waals surface area contributed by atoms with Crippen LogP contribution in [0.1, 0.15) is 44.9 Å². The second-order valence-corrected chi connectivity index (χ2v) is 13.2. The molecule has 7 aliphatic rings. The zero-order valence-electron chi connectivity index (χ0n) is 20.5. The molecule has 6 unspecified atom stereocenters. The Kier molecular flexibility index (Phi) is 4.70. The fraction of sp³-hybridized carbons (Fsp3) is 0.567. The van der Waals surface area contributed by atoms with E-state index in [0.29, 0.717) is 29.9 Å². The van der Waals surface area contributed by atoms with E-state index < -0.39 is 30.0 Å². The minimum atomic E-state index is -0.652. The van der Waals surface area contributed by atoms with Crippen molar-refractivity contribution < 1.29 is 28.6 Å². The summed E-state index contributed by atoms with van der Waals surface area (Å²) in [4.78, 5) is 40.9. The van der Waals surface area contributed by atoms with E-state index in [-0.39, 0.29) is 29.2 Å². The zero-order chi connectivity index (χ0) is 25.1. The number of esters is 3. The molecule has 1 heterocycles. The van der Waals surface area contributed by atoms with Crippen molar-refractivity contribution in [3.8, 4) is 5.75 Å². The van der Waals surface area contributed by atoms with Crippen molar-refractivity contribution in [2.24, 2.45) is 46.8 Å². The fourth-order valence-corrected chi connectivity index (χ4v) is 9.75. The summed E-state index contributed by atoms with van der Waals surface area (Å²) >= 11 is 4.38.